The van der Waals surface area contributed by atoms with Crippen LogP contribution < -0.4 is 5.73 Å². The molecule has 2 fully saturated rings. The van der Waals surface area contributed by atoms with Crippen LogP contribution >= 0.6 is 0 Å². The van der Waals surface area contributed by atoms with Gasteiger partial charge in [-0.25, -0.2) is 4.79 Å². The van der Waals surface area contributed by atoms with Crippen LogP contribution in [0.2, 0.25) is 0 Å². The van der Waals surface area contributed by atoms with Crippen molar-refractivity contribution in [2.75, 3.05) is 26.2 Å². The smallest absolute Gasteiger partial charge is 0.410 e. The summed E-state index contributed by atoms with van der Waals surface area (Å²) >= 11 is 0. The summed E-state index contributed by atoms with van der Waals surface area (Å²) in [6.07, 6.45) is 2.25. The highest BCUT2D eigenvalue weighted by Gasteiger charge is 2.38. The molecule has 18 heavy (non-hydrogen) atoms. The van der Waals surface area contributed by atoms with Crippen molar-refractivity contribution in [3.8, 4) is 0 Å². The number of nitrogens with zero attached hydrogens (tertiary/aromatic N) is 2. The second kappa shape index (κ2) is 5.05. The molecule has 2 rings (SSSR count). The Kier molecular flexibility index (Phi) is 3.82. The van der Waals surface area contributed by atoms with E-state index in [9.17, 15) is 4.79 Å². The molecule has 2 aliphatic rings. The summed E-state index contributed by atoms with van der Waals surface area (Å²) in [7, 11) is 0. The normalized spacial score (nSPS) is 29.9. The lowest BCUT2D eigenvalue weighted by Gasteiger charge is -2.26. The second-order valence-corrected chi connectivity index (χ2v) is 6.36. The molecule has 0 aliphatic carbocycles. The number of ether oxygens (including phenoxy) is 1. The molecule has 2 heterocycles. The number of likely N-dealkylation sites (tertiary alicyclic amines) is 2. The maximum absolute atomic E-state index is 12.0. The van der Waals surface area contributed by atoms with Crippen LogP contribution in [0.25, 0.3) is 0 Å². The zero-order chi connectivity index (χ0) is 13.3. The zero-order valence-electron chi connectivity index (χ0n) is 11.7. The molecule has 0 aromatic carbocycles. The SMILES string of the molecule is CC(C)(C)OC(=O)N1C[C@@H](N)[C@H](N2CCCC2)C1. The van der Waals surface area contributed by atoms with Gasteiger partial charge >= 0.3 is 6.09 Å². The van der Waals surface area contributed by atoms with Crippen molar-refractivity contribution < 1.29 is 9.53 Å². The van der Waals surface area contributed by atoms with Gasteiger partial charge in [-0.1, -0.05) is 0 Å². The van der Waals surface area contributed by atoms with Crippen molar-refractivity contribution in [1.82, 2.24) is 9.80 Å². The Labute approximate surface area is 109 Å². The topological polar surface area (TPSA) is 58.8 Å². The number of carbonyl (C=O) groups is 1. The van der Waals surface area contributed by atoms with Gasteiger partial charge in [-0.2, -0.15) is 0 Å². The molecule has 5 nitrogen and oxygen atoms in total. The van der Waals surface area contributed by atoms with Crippen molar-refractivity contribution in [3.05, 3.63) is 0 Å². The van der Waals surface area contributed by atoms with Crippen molar-refractivity contribution in [2.24, 2.45) is 5.73 Å². The number of hydrogen-bond donors (Lipinski definition) is 1. The van der Waals surface area contributed by atoms with Gasteiger partial charge in [-0.15, -0.1) is 0 Å². The molecule has 2 atom stereocenters. The molecule has 104 valence electrons. The van der Waals surface area contributed by atoms with Crippen LogP contribution in [-0.2, 0) is 4.74 Å². The first-order valence-electron chi connectivity index (χ1n) is 6.84. The molecule has 0 aromatic heterocycles. The number of amides is 1. The van der Waals surface area contributed by atoms with E-state index in [0.717, 1.165) is 13.1 Å². The third-order valence-electron chi connectivity index (χ3n) is 3.59. The first-order valence-corrected chi connectivity index (χ1v) is 6.84. The van der Waals surface area contributed by atoms with Crippen LogP contribution in [0.1, 0.15) is 33.6 Å². The molecule has 5 heteroatoms. The zero-order valence-corrected chi connectivity index (χ0v) is 11.7. The van der Waals surface area contributed by atoms with E-state index in [-0.39, 0.29) is 12.1 Å². The minimum atomic E-state index is -0.438. The number of rotatable bonds is 1. The highest BCUT2D eigenvalue weighted by molar-refractivity contribution is 5.68. The van der Waals surface area contributed by atoms with Crippen LogP contribution in [0.3, 0.4) is 0 Å². The largest absolute Gasteiger partial charge is 0.444 e. The maximum Gasteiger partial charge on any atom is 0.410 e. The molecule has 0 saturated carbocycles. The number of hydrogen-bond acceptors (Lipinski definition) is 4. The molecule has 2 aliphatic heterocycles. The Morgan fingerprint density at radius 3 is 2.39 bits per heavy atom. The summed E-state index contributed by atoms with van der Waals surface area (Å²) in [5.41, 5.74) is 5.72. The fraction of sp³-hybridized carbons (Fsp3) is 0.923. The quantitative estimate of drug-likeness (QED) is 0.760. The number of nitrogens with two attached hydrogens (primary N) is 1. The first-order chi connectivity index (χ1) is 8.37. The van der Waals surface area contributed by atoms with E-state index in [1.54, 1.807) is 4.90 Å². The minimum Gasteiger partial charge on any atom is -0.444 e. The van der Waals surface area contributed by atoms with Crippen molar-refractivity contribution in [1.29, 1.82) is 0 Å². The lowest BCUT2D eigenvalue weighted by atomic mass is 10.1. The molecule has 0 spiro atoms. The third-order valence-corrected chi connectivity index (χ3v) is 3.59. The van der Waals surface area contributed by atoms with Gasteiger partial charge < -0.3 is 15.4 Å². The van der Waals surface area contributed by atoms with E-state index in [2.05, 4.69) is 4.90 Å². The fourth-order valence-corrected chi connectivity index (χ4v) is 2.75. The van der Waals surface area contributed by atoms with E-state index in [0.29, 0.717) is 19.1 Å². The second-order valence-electron chi connectivity index (χ2n) is 6.36. The summed E-state index contributed by atoms with van der Waals surface area (Å²) in [6, 6.07) is 0.357. The fourth-order valence-electron chi connectivity index (χ4n) is 2.75. The van der Waals surface area contributed by atoms with E-state index in [4.69, 9.17) is 10.5 Å². The van der Waals surface area contributed by atoms with Gasteiger partial charge in [-0.05, 0) is 46.7 Å². The monoisotopic (exact) mass is 255 g/mol. The molecule has 0 radical (unpaired) electrons. The first kappa shape index (κ1) is 13.6. The van der Waals surface area contributed by atoms with Crippen LogP contribution in [0.5, 0.6) is 0 Å². The summed E-state index contributed by atoms with van der Waals surface area (Å²) in [5.74, 6) is 0. The predicted octanol–water partition coefficient (Wildman–Crippen LogP) is 1.03. The average molecular weight is 255 g/mol. The van der Waals surface area contributed by atoms with E-state index in [1.807, 2.05) is 20.8 Å². The summed E-state index contributed by atoms with van der Waals surface area (Å²) in [4.78, 5) is 16.2. The average Bonchev–Trinajstić information content (AvgIpc) is 2.82. The Hall–Kier alpha value is -0.810. The summed E-state index contributed by atoms with van der Waals surface area (Å²) in [6.45, 7) is 9.20. The van der Waals surface area contributed by atoms with Gasteiger partial charge in [0.25, 0.3) is 0 Å². The van der Waals surface area contributed by atoms with Crippen LogP contribution in [0, 0.1) is 0 Å². The van der Waals surface area contributed by atoms with Crippen molar-refractivity contribution >= 4 is 6.09 Å². The molecule has 0 unspecified atom stereocenters. The van der Waals surface area contributed by atoms with Crippen molar-refractivity contribution in [3.63, 3.8) is 0 Å². The Morgan fingerprint density at radius 1 is 1.22 bits per heavy atom. The number of carbonyl (C=O) groups excluding carboxylic acids is 1. The lowest BCUT2D eigenvalue weighted by Crippen LogP contribution is -2.45. The molecular weight excluding hydrogens is 230 g/mol. The standard InChI is InChI=1S/C13H25N3O2/c1-13(2,3)18-12(17)16-8-10(14)11(9-16)15-6-4-5-7-15/h10-11H,4-9,14H2,1-3H3/t10-,11-/m1/s1. The summed E-state index contributed by atoms with van der Waals surface area (Å²) < 4.78 is 5.39. The van der Waals surface area contributed by atoms with Gasteiger partial charge in [0, 0.05) is 25.2 Å². The Bertz CT molecular complexity index is 308. The van der Waals surface area contributed by atoms with Gasteiger partial charge in [0.2, 0.25) is 0 Å². The molecule has 0 aromatic rings. The highest BCUT2D eigenvalue weighted by atomic mass is 16.6. The third kappa shape index (κ3) is 3.14. The minimum absolute atomic E-state index is 0.0515. The van der Waals surface area contributed by atoms with Gasteiger partial charge in [-0.3, -0.25) is 4.90 Å². The molecule has 1 amide bonds. The summed E-state index contributed by atoms with van der Waals surface area (Å²) in [5, 5.41) is 0. The lowest BCUT2D eigenvalue weighted by molar-refractivity contribution is 0.0281. The predicted molar refractivity (Wildman–Crippen MR) is 70.4 cm³/mol. The Balaban J connectivity index is 1.91. The van der Waals surface area contributed by atoms with Crippen LogP contribution in [0.4, 0.5) is 4.79 Å². The van der Waals surface area contributed by atoms with Crippen molar-refractivity contribution in [2.45, 2.75) is 51.3 Å². The van der Waals surface area contributed by atoms with E-state index >= 15 is 0 Å². The molecule has 2 saturated heterocycles. The molecular formula is C13H25N3O2. The maximum atomic E-state index is 12.0. The van der Waals surface area contributed by atoms with E-state index in [1.165, 1.54) is 12.8 Å². The van der Waals surface area contributed by atoms with Crippen LogP contribution in [0.15, 0.2) is 0 Å². The molecule has 2 N–H and O–H groups in total. The van der Waals surface area contributed by atoms with E-state index < -0.39 is 5.60 Å². The molecule has 0 bridgehead atoms. The van der Waals surface area contributed by atoms with Gasteiger partial charge in [0.1, 0.15) is 5.60 Å². The van der Waals surface area contributed by atoms with Crippen LogP contribution in [-0.4, -0.2) is 59.8 Å². The van der Waals surface area contributed by atoms with Gasteiger partial charge in [0.15, 0.2) is 0 Å². The van der Waals surface area contributed by atoms with Gasteiger partial charge in [0.05, 0.1) is 0 Å². The Morgan fingerprint density at radius 2 is 1.83 bits per heavy atom. The highest BCUT2D eigenvalue weighted by Crippen LogP contribution is 2.21.